The average Bonchev–Trinajstić information content (AvgIpc) is 2.82. The zero-order valence-corrected chi connectivity index (χ0v) is 21.1. The van der Waals surface area contributed by atoms with Gasteiger partial charge in [-0.15, -0.1) is 0 Å². The molecule has 0 spiro atoms. The first kappa shape index (κ1) is 26.4. The van der Waals surface area contributed by atoms with E-state index in [0.717, 1.165) is 23.3 Å². The SMILES string of the molecule is CC[C@H](C)NC(=O)[C@H](CC)N(Cc1ccc(OC)cc1)C(=O)CCc1ccc(C(C)C)cc1. The maximum Gasteiger partial charge on any atom is 0.243 e. The van der Waals surface area contributed by atoms with Gasteiger partial charge in [0.15, 0.2) is 0 Å². The van der Waals surface area contributed by atoms with Crippen LogP contribution in [0.15, 0.2) is 48.5 Å². The van der Waals surface area contributed by atoms with E-state index in [1.807, 2.05) is 45.0 Å². The molecule has 33 heavy (non-hydrogen) atoms. The molecule has 2 aromatic rings. The molecule has 0 aliphatic carbocycles. The van der Waals surface area contributed by atoms with Gasteiger partial charge in [-0.1, -0.05) is 64.1 Å². The maximum absolute atomic E-state index is 13.4. The van der Waals surface area contributed by atoms with Crippen LogP contribution in [0.5, 0.6) is 5.75 Å². The molecule has 2 rings (SSSR count). The highest BCUT2D eigenvalue weighted by Crippen LogP contribution is 2.19. The highest BCUT2D eigenvalue weighted by molar-refractivity contribution is 5.87. The number of amides is 2. The van der Waals surface area contributed by atoms with Gasteiger partial charge in [-0.3, -0.25) is 9.59 Å². The summed E-state index contributed by atoms with van der Waals surface area (Å²) in [5.74, 6) is 1.15. The van der Waals surface area contributed by atoms with E-state index in [1.165, 1.54) is 5.56 Å². The molecule has 0 aliphatic heterocycles. The van der Waals surface area contributed by atoms with Crippen molar-refractivity contribution in [1.82, 2.24) is 10.2 Å². The number of benzene rings is 2. The second kappa shape index (κ2) is 13.0. The Kier molecular flexibility index (Phi) is 10.4. The smallest absolute Gasteiger partial charge is 0.243 e. The normalized spacial score (nSPS) is 12.8. The largest absolute Gasteiger partial charge is 0.497 e. The predicted octanol–water partition coefficient (Wildman–Crippen LogP) is 5.47. The van der Waals surface area contributed by atoms with Gasteiger partial charge in [0.2, 0.25) is 11.8 Å². The number of carbonyl (C=O) groups excluding carboxylic acids is 2. The number of carbonyl (C=O) groups is 2. The topological polar surface area (TPSA) is 58.6 Å². The molecule has 0 unspecified atom stereocenters. The Hall–Kier alpha value is -2.82. The lowest BCUT2D eigenvalue weighted by molar-refractivity contribution is -0.141. The van der Waals surface area contributed by atoms with E-state index < -0.39 is 6.04 Å². The number of hydrogen-bond donors (Lipinski definition) is 1. The van der Waals surface area contributed by atoms with Crippen molar-refractivity contribution >= 4 is 11.8 Å². The van der Waals surface area contributed by atoms with Crippen LogP contribution >= 0.6 is 0 Å². The van der Waals surface area contributed by atoms with Crippen LogP contribution in [-0.4, -0.2) is 35.9 Å². The second-order valence-corrected chi connectivity index (χ2v) is 9.01. The van der Waals surface area contributed by atoms with Gasteiger partial charge in [-0.05, 0) is 60.9 Å². The van der Waals surface area contributed by atoms with Gasteiger partial charge in [0.25, 0.3) is 0 Å². The molecule has 0 radical (unpaired) electrons. The van der Waals surface area contributed by atoms with Gasteiger partial charge in [0.1, 0.15) is 11.8 Å². The third-order valence-corrected chi connectivity index (χ3v) is 6.17. The summed E-state index contributed by atoms with van der Waals surface area (Å²) >= 11 is 0. The molecular formula is C28H40N2O3. The van der Waals surface area contributed by atoms with E-state index in [2.05, 4.69) is 43.4 Å². The molecule has 0 heterocycles. The highest BCUT2D eigenvalue weighted by atomic mass is 16.5. The molecule has 2 aromatic carbocycles. The minimum atomic E-state index is -0.503. The molecule has 1 N–H and O–H groups in total. The fourth-order valence-electron chi connectivity index (χ4n) is 3.75. The summed E-state index contributed by atoms with van der Waals surface area (Å²) in [4.78, 5) is 28.2. The van der Waals surface area contributed by atoms with E-state index in [9.17, 15) is 9.59 Å². The van der Waals surface area contributed by atoms with Crippen molar-refractivity contribution in [2.45, 2.75) is 84.8 Å². The lowest BCUT2D eigenvalue weighted by Crippen LogP contribution is -2.50. The number of rotatable bonds is 12. The van der Waals surface area contributed by atoms with Gasteiger partial charge in [0.05, 0.1) is 7.11 Å². The van der Waals surface area contributed by atoms with E-state index >= 15 is 0 Å². The number of nitrogens with one attached hydrogen (secondary N) is 1. The molecular weight excluding hydrogens is 412 g/mol. The van der Waals surface area contributed by atoms with Crippen LogP contribution in [0.2, 0.25) is 0 Å². The summed E-state index contributed by atoms with van der Waals surface area (Å²) in [5, 5.41) is 3.06. The van der Waals surface area contributed by atoms with E-state index in [0.29, 0.717) is 31.7 Å². The molecule has 0 saturated heterocycles. The molecule has 2 amide bonds. The molecule has 0 bridgehead atoms. The van der Waals surface area contributed by atoms with E-state index in [-0.39, 0.29) is 17.9 Å². The Balaban J connectivity index is 2.19. The van der Waals surface area contributed by atoms with Crippen LogP contribution in [0.1, 0.15) is 76.5 Å². The molecule has 5 nitrogen and oxygen atoms in total. The number of aryl methyl sites for hydroxylation is 1. The summed E-state index contributed by atoms with van der Waals surface area (Å²) < 4.78 is 5.25. The van der Waals surface area contributed by atoms with Crippen LogP contribution in [0.25, 0.3) is 0 Å². The van der Waals surface area contributed by atoms with Crippen LogP contribution in [0.4, 0.5) is 0 Å². The summed E-state index contributed by atoms with van der Waals surface area (Å²) in [6.45, 7) is 10.7. The molecule has 2 atom stereocenters. The van der Waals surface area contributed by atoms with Gasteiger partial charge in [-0.25, -0.2) is 0 Å². The van der Waals surface area contributed by atoms with Crippen molar-refractivity contribution < 1.29 is 14.3 Å². The standard InChI is InChI=1S/C28H40N2O3/c1-7-21(5)29-28(32)26(8-2)30(19-23-11-16-25(33-6)17-12-23)27(31)18-13-22-9-14-24(15-10-22)20(3)4/h9-12,14-17,20-21,26H,7-8,13,18-19H2,1-6H3,(H,29,32)/t21-,26-/m0/s1. The maximum atomic E-state index is 13.4. The zero-order valence-electron chi connectivity index (χ0n) is 21.1. The monoisotopic (exact) mass is 452 g/mol. The van der Waals surface area contributed by atoms with Gasteiger partial charge < -0.3 is 15.0 Å². The lowest BCUT2D eigenvalue weighted by Gasteiger charge is -2.31. The van der Waals surface area contributed by atoms with Crippen LogP contribution < -0.4 is 10.1 Å². The summed E-state index contributed by atoms with van der Waals surface area (Å²) in [6.07, 6.45) is 2.43. The first-order valence-corrected chi connectivity index (χ1v) is 12.1. The minimum absolute atomic E-state index is 0.00935. The summed E-state index contributed by atoms with van der Waals surface area (Å²) in [7, 11) is 1.63. The van der Waals surface area contributed by atoms with E-state index in [1.54, 1.807) is 12.0 Å². The minimum Gasteiger partial charge on any atom is -0.497 e. The van der Waals surface area contributed by atoms with Crippen molar-refractivity contribution in [1.29, 1.82) is 0 Å². The second-order valence-electron chi connectivity index (χ2n) is 9.01. The Morgan fingerprint density at radius 1 is 0.909 bits per heavy atom. The zero-order chi connectivity index (χ0) is 24.4. The molecule has 0 aliphatic rings. The van der Waals surface area contributed by atoms with Crippen molar-refractivity contribution in [3.8, 4) is 5.75 Å². The van der Waals surface area contributed by atoms with Crippen molar-refractivity contribution in [2.24, 2.45) is 0 Å². The number of methoxy groups -OCH3 is 1. The summed E-state index contributed by atoms with van der Waals surface area (Å²) in [6, 6.07) is 15.7. The molecule has 5 heteroatoms. The highest BCUT2D eigenvalue weighted by Gasteiger charge is 2.29. The number of nitrogens with zero attached hydrogens (tertiary/aromatic N) is 1. The van der Waals surface area contributed by atoms with Crippen LogP contribution in [0, 0.1) is 0 Å². The van der Waals surface area contributed by atoms with Crippen LogP contribution in [-0.2, 0) is 22.6 Å². The average molecular weight is 453 g/mol. The van der Waals surface area contributed by atoms with Crippen molar-refractivity contribution in [3.05, 3.63) is 65.2 Å². The number of hydrogen-bond acceptors (Lipinski definition) is 3. The van der Waals surface area contributed by atoms with Gasteiger partial charge in [-0.2, -0.15) is 0 Å². The quantitative estimate of drug-likeness (QED) is 0.464. The predicted molar refractivity (Wildman–Crippen MR) is 134 cm³/mol. The Labute approximate surface area is 199 Å². The van der Waals surface area contributed by atoms with Gasteiger partial charge in [0, 0.05) is 19.0 Å². The third-order valence-electron chi connectivity index (χ3n) is 6.17. The molecule has 0 saturated carbocycles. The Morgan fingerprint density at radius 2 is 1.52 bits per heavy atom. The first-order valence-electron chi connectivity index (χ1n) is 12.1. The molecule has 180 valence electrons. The Morgan fingerprint density at radius 3 is 2.03 bits per heavy atom. The van der Waals surface area contributed by atoms with E-state index in [4.69, 9.17) is 4.74 Å². The van der Waals surface area contributed by atoms with Crippen molar-refractivity contribution in [2.75, 3.05) is 7.11 Å². The summed E-state index contributed by atoms with van der Waals surface area (Å²) in [5.41, 5.74) is 3.40. The Bertz CT molecular complexity index is 875. The number of ether oxygens (including phenoxy) is 1. The molecule has 0 fully saturated rings. The first-order chi connectivity index (χ1) is 15.8. The third kappa shape index (κ3) is 7.92. The van der Waals surface area contributed by atoms with Gasteiger partial charge >= 0.3 is 0 Å². The van der Waals surface area contributed by atoms with Crippen LogP contribution in [0.3, 0.4) is 0 Å². The lowest BCUT2D eigenvalue weighted by atomic mass is 10.00. The fourth-order valence-corrected chi connectivity index (χ4v) is 3.75. The fraction of sp³-hybridized carbons (Fsp3) is 0.500. The molecule has 0 aromatic heterocycles. The van der Waals surface area contributed by atoms with Crippen molar-refractivity contribution in [3.63, 3.8) is 0 Å².